The van der Waals surface area contributed by atoms with Crippen LogP contribution in [0.3, 0.4) is 0 Å². The lowest BCUT2D eigenvalue weighted by atomic mass is 10.1. The van der Waals surface area contributed by atoms with E-state index in [2.05, 4.69) is 25.7 Å². The molecule has 1 heterocycles. The SMILES string of the molecule is COc1nc(NN)nc(NCC2CCCC2)n1. The average molecular weight is 238 g/mol. The Balaban J connectivity index is 1.98. The van der Waals surface area contributed by atoms with E-state index in [0.717, 1.165) is 6.54 Å². The van der Waals surface area contributed by atoms with Crippen LogP contribution in [0.5, 0.6) is 6.01 Å². The fraction of sp³-hybridized carbons (Fsp3) is 0.700. The number of hydrazine groups is 1. The second kappa shape index (κ2) is 5.62. The van der Waals surface area contributed by atoms with E-state index in [0.29, 0.717) is 17.8 Å². The normalized spacial score (nSPS) is 15.9. The molecule has 1 aromatic heterocycles. The quantitative estimate of drug-likeness (QED) is 0.514. The summed E-state index contributed by atoms with van der Waals surface area (Å²) in [5.41, 5.74) is 2.39. The molecular formula is C10H18N6O. The van der Waals surface area contributed by atoms with Gasteiger partial charge in [0.15, 0.2) is 0 Å². The van der Waals surface area contributed by atoms with Gasteiger partial charge in [-0.2, -0.15) is 15.0 Å². The number of nitrogens with two attached hydrogens (primary N) is 1. The number of aromatic nitrogens is 3. The second-order valence-electron chi connectivity index (χ2n) is 4.15. The van der Waals surface area contributed by atoms with Crippen molar-refractivity contribution < 1.29 is 4.74 Å². The fourth-order valence-corrected chi connectivity index (χ4v) is 2.04. The van der Waals surface area contributed by atoms with Gasteiger partial charge in [-0.05, 0) is 18.8 Å². The fourth-order valence-electron chi connectivity index (χ4n) is 2.04. The molecular weight excluding hydrogens is 220 g/mol. The predicted molar refractivity (Wildman–Crippen MR) is 64.6 cm³/mol. The van der Waals surface area contributed by atoms with Crippen LogP contribution in [0.4, 0.5) is 11.9 Å². The van der Waals surface area contributed by atoms with Crippen LogP contribution in [-0.2, 0) is 0 Å². The minimum Gasteiger partial charge on any atom is -0.467 e. The molecule has 0 aromatic carbocycles. The van der Waals surface area contributed by atoms with E-state index in [1.165, 1.54) is 32.8 Å². The summed E-state index contributed by atoms with van der Waals surface area (Å²) in [6.07, 6.45) is 5.19. The minimum absolute atomic E-state index is 0.252. The minimum atomic E-state index is 0.252. The highest BCUT2D eigenvalue weighted by Crippen LogP contribution is 2.24. The van der Waals surface area contributed by atoms with Crippen molar-refractivity contribution in [3.8, 4) is 6.01 Å². The number of hydrogen-bond donors (Lipinski definition) is 3. The van der Waals surface area contributed by atoms with Gasteiger partial charge in [-0.1, -0.05) is 12.8 Å². The molecule has 7 nitrogen and oxygen atoms in total. The molecule has 0 amide bonds. The van der Waals surface area contributed by atoms with Crippen molar-refractivity contribution >= 4 is 11.9 Å². The first-order valence-corrected chi connectivity index (χ1v) is 5.82. The van der Waals surface area contributed by atoms with E-state index in [1.807, 2.05) is 0 Å². The van der Waals surface area contributed by atoms with E-state index in [-0.39, 0.29) is 6.01 Å². The molecule has 17 heavy (non-hydrogen) atoms. The first-order valence-electron chi connectivity index (χ1n) is 5.82. The first kappa shape index (κ1) is 11.8. The molecule has 1 aromatic rings. The van der Waals surface area contributed by atoms with E-state index in [4.69, 9.17) is 10.6 Å². The number of nitrogens with zero attached hydrogens (tertiary/aromatic N) is 3. The van der Waals surface area contributed by atoms with Crippen LogP contribution in [0.25, 0.3) is 0 Å². The van der Waals surface area contributed by atoms with Gasteiger partial charge in [0.25, 0.3) is 0 Å². The van der Waals surface area contributed by atoms with Gasteiger partial charge in [0.05, 0.1) is 7.11 Å². The molecule has 94 valence electrons. The van der Waals surface area contributed by atoms with Crippen LogP contribution in [0.2, 0.25) is 0 Å². The zero-order chi connectivity index (χ0) is 12.1. The van der Waals surface area contributed by atoms with Gasteiger partial charge in [-0.15, -0.1) is 0 Å². The Kier molecular flexibility index (Phi) is 3.92. The van der Waals surface area contributed by atoms with Crippen molar-refractivity contribution in [2.75, 3.05) is 24.4 Å². The summed E-state index contributed by atoms with van der Waals surface area (Å²) in [4.78, 5) is 12.2. The second-order valence-corrected chi connectivity index (χ2v) is 4.15. The highest BCUT2D eigenvalue weighted by atomic mass is 16.5. The Morgan fingerprint density at radius 2 is 1.94 bits per heavy atom. The van der Waals surface area contributed by atoms with E-state index >= 15 is 0 Å². The molecule has 0 unspecified atom stereocenters. The van der Waals surface area contributed by atoms with Gasteiger partial charge in [-0.25, -0.2) is 5.84 Å². The molecule has 0 radical (unpaired) electrons. The number of ether oxygens (including phenoxy) is 1. The number of nitrogen functional groups attached to an aromatic ring is 1. The Morgan fingerprint density at radius 1 is 1.24 bits per heavy atom. The zero-order valence-corrected chi connectivity index (χ0v) is 9.94. The molecule has 0 saturated heterocycles. The van der Waals surface area contributed by atoms with E-state index < -0.39 is 0 Å². The van der Waals surface area contributed by atoms with Crippen LogP contribution in [0, 0.1) is 5.92 Å². The van der Waals surface area contributed by atoms with Crippen molar-refractivity contribution in [2.45, 2.75) is 25.7 Å². The van der Waals surface area contributed by atoms with Gasteiger partial charge >= 0.3 is 6.01 Å². The first-order chi connectivity index (χ1) is 8.31. The lowest BCUT2D eigenvalue weighted by molar-refractivity contribution is 0.379. The van der Waals surface area contributed by atoms with Gasteiger partial charge in [0.1, 0.15) is 0 Å². The third kappa shape index (κ3) is 3.16. The number of methoxy groups -OCH3 is 1. The standard InChI is InChI=1S/C10H18N6O/c1-17-10-14-8(13-9(15-10)16-11)12-6-7-4-2-3-5-7/h7H,2-6,11H2,1H3,(H2,12,13,14,15,16). The number of nitrogens with one attached hydrogen (secondary N) is 2. The maximum absolute atomic E-state index is 5.27. The largest absolute Gasteiger partial charge is 0.467 e. The molecule has 0 spiro atoms. The molecule has 4 N–H and O–H groups in total. The number of rotatable bonds is 5. The van der Waals surface area contributed by atoms with Gasteiger partial charge in [-0.3, -0.25) is 5.43 Å². The van der Waals surface area contributed by atoms with E-state index in [9.17, 15) is 0 Å². The Hall–Kier alpha value is -1.63. The highest BCUT2D eigenvalue weighted by Gasteiger charge is 2.15. The maximum atomic E-state index is 5.27. The molecule has 1 fully saturated rings. The van der Waals surface area contributed by atoms with Crippen LogP contribution in [0.1, 0.15) is 25.7 Å². The molecule has 7 heteroatoms. The summed E-state index contributed by atoms with van der Waals surface area (Å²) in [5.74, 6) is 6.78. The summed E-state index contributed by atoms with van der Waals surface area (Å²) >= 11 is 0. The molecule has 0 atom stereocenters. The van der Waals surface area contributed by atoms with Crippen molar-refractivity contribution in [3.05, 3.63) is 0 Å². The van der Waals surface area contributed by atoms with Crippen LogP contribution < -0.4 is 21.3 Å². The van der Waals surface area contributed by atoms with Crippen molar-refractivity contribution in [1.82, 2.24) is 15.0 Å². The molecule has 0 bridgehead atoms. The van der Waals surface area contributed by atoms with Crippen LogP contribution in [0.15, 0.2) is 0 Å². The number of hydrogen-bond acceptors (Lipinski definition) is 7. The Morgan fingerprint density at radius 3 is 2.59 bits per heavy atom. The number of anilines is 2. The van der Waals surface area contributed by atoms with Crippen molar-refractivity contribution in [3.63, 3.8) is 0 Å². The third-order valence-corrected chi connectivity index (χ3v) is 2.95. The summed E-state index contributed by atoms with van der Waals surface area (Å²) in [6.45, 7) is 0.886. The maximum Gasteiger partial charge on any atom is 0.322 e. The predicted octanol–water partition coefficient (Wildman–Crippen LogP) is 0.768. The Labute approximate surface area is 100 Å². The lowest BCUT2D eigenvalue weighted by Crippen LogP contribution is -2.16. The third-order valence-electron chi connectivity index (χ3n) is 2.95. The van der Waals surface area contributed by atoms with E-state index in [1.54, 1.807) is 0 Å². The lowest BCUT2D eigenvalue weighted by Gasteiger charge is -2.11. The molecule has 0 aliphatic heterocycles. The van der Waals surface area contributed by atoms with Crippen molar-refractivity contribution in [2.24, 2.45) is 11.8 Å². The highest BCUT2D eigenvalue weighted by molar-refractivity contribution is 5.34. The van der Waals surface area contributed by atoms with Gasteiger partial charge < -0.3 is 10.1 Å². The summed E-state index contributed by atoms with van der Waals surface area (Å²) in [7, 11) is 1.51. The molecule has 1 aliphatic rings. The molecule has 1 aliphatic carbocycles. The van der Waals surface area contributed by atoms with Crippen molar-refractivity contribution in [1.29, 1.82) is 0 Å². The smallest absolute Gasteiger partial charge is 0.322 e. The topological polar surface area (TPSA) is 98.0 Å². The van der Waals surface area contributed by atoms with Gasteiger partial charge in [0, 0.05) is 6.54 Å². The summed E-state index contributed by atoms with van der Waals surface area (Å²) in [6, 6.07) is 0.252. The zero-order valence-electron chi connectivity index (χ0n) is 9.94. The summed E-state index contributed by atoms with van der Waals surface area (Å²) < 4.78 is 4.97. The van der Waals surface area contributed by atoms with Crippen LogP contribution in [-0.4, -0.2) is 28.6 Å². The average Bonchev–Trinajstić information content (AvgIpc) is 2.89. The monoisotopic (exact) mass is 238 g/mol. The molecule has 2 rings (SSSR count). The van der Waals surface area contributed by atoms with Crippen LogP contribution >= 0.6 is 0 Å². The summed E-state index contributed by atoms with van der Waals surface area (Å²) in [5, 5.41) is 3.20. The molecule has 1 saturated carbocycles. The Bertz CT molecular complexity index is 344. The van der Waals surface area contributed by atoms with Gasteiger partial charge in [0.2, 0.25) is 11.9 Å².